The van der Waals surface area contributed by atoms with E-state index in [2.05, 4.69) is 61.6 Å². The molecule has 1 aliphatic rings. The van der Waals surface area contributed by atoms with Gasteiger partial charge in [-0.05, 0) is 74.1 Å². The Bertz CT molecular complexity index is 1240. The van der Waals surface area contributed by atoms with Crippen molar-refractivity contribution in [1.82, 2.24) is 4.98 Å². The highest BCUT2D eigenvalue weighted by Crippen LogP contribution is 2.47. The highest BCUT2D eigenvalue weighted by Gasteiger charge is 2.27. The van der Waals surface area contributed by atoms with Gasteiger partial charge in [-0.1, -0.05) is 36.8 Å². The second kappa shape index (κ2) is 10.00. The van der Waals surface area contributed by atoms with Crippen LogP contribution in [0, 0.1) is 12.8 Å². The smallest absolute Gasteiger partial charge is 0.225 e. The van der Waals surface area contributed by atoms with Gasteiger partial charge in [0.15, 0.2) is 0 Å². The number of benzene rings is 2. The number of carbonyl (C=O) groups is 1. The molecule has 5 rings (SSSR count). The van der Waals surface area contributed by atoms with Crippen LogP contribution in [0.15, 0.2) is 53.4 Å². The third kappa shape index (κ3) is 5.18. The zero-order valence-electron chi connectivity index (χ0n) is 19.0. The number of anilines is 1. The van der Waals surface area contributed by atoms with Gasteiger partial charge in [0.2, 0.25) is 5.91 Å². The number of para-hydroxylation sites is 1. The summed E-state index contributed by atoms with van der Waals surface area (Å²) in [7, 11) is 0. The number of hydrogen-bond acceptors (Lipinski definition) is 5. The molecule has 0 spiro atoms. The standard InChI is InChI=1S/C27H28N2OS3/c1-17-9-12-19(13-10-17)31-15-5-8-24(30)29-27-25(20-14-11-18(2)16-23(20)33-27)26-28-21-6-3-4-7-22(21)32-26/h3-4,6-7,9-10,12-13,18H,5,8,11,14-16H2,1-2H3,(H,29,30). The summed E-state index contributed by atoms with van der Waals surface area (Å²) in [4.78, 5) is 20.5. The van der Waals surface area contributed by atoms with Crippen LogP contribution in [0.2, 0.25) is 0 Å². The Balaban J connectivity index is 1.31. The van der Waals surface area contributed by atoms with Gasteiger partial charge in [-0.25, -0.2) is 4.98 Å². The summed E-state index contributed by atoms with van der Waals surface area (Å²) in [5.41, 5.74) is 4.88. The summed E-state index contributed by atoms with van der Waals surface area (Å²) < 4.78 is 1.20. The van der Waals surface area contributed by atoms with E-state index in [1.165, 1.54) is 37.6 Å². The van der Waals surface area contributed by atoms with E-state index in [0.717, 1.165) is 40.5 Å². The van der Waals surface area contributed by atoms with E-state index < -0.39 is 0 Å². The van der Waals surface area contributed by atoms with Crippen molar-refractivity contribution in [2.45, 2.75) is 50.8 Å². The van der Waals surface area contributed by atoms with Gasteiger partial charge in [0.05, 0.1) is 10.2 Å². The number of thiophene rings is 1. The van der Waals surface area contributed by atoms with Crippen LogP contribution in [0.1, 0.15) is 42.2 Å². The van der Waals surface area contributed by atoms with Crippen LogP contribution in [0.4, 0.5) is 5.00 Å². The van der Waals surface area contributed by atoms with Gasteiger partial charge in [0.25, 0.3) is 0 Å². The van der Waals surface area contributed by atoms with Gasteiger partial charge in [-0.3, -0.25) is 4.79 Å². The molecule has 0 saturated carbocycles. The van der Waals surface area contributed by atoms with Crippen LogP contribution in [-0.4, -0.2) is 16.6 Å². The van der Waals surface area contributed by atoms with Crippen LogP contribution in [0.3, 0.4) is 0 Å². The van der Waals surface area contributed by atoms with Crippen LogP contribution in [-0.2, 0) is 17.6 Å². The number of thiazole rings is 1. The van der Waals surface area contributed by atoms with Gasteiger partial charge in [0.1, 0.15) is 10.0 Å². The minimum absolute atomic E-state index is 0.105. The number of aromatic nitrogens is 1. The van der Waals surface area contributed by atoms with Crippen molar-refractivity contribution in [2.24, 2.45) is 5.92 Å². The average Bonchev–Trinajstić information content (AvgIpc) is 3.38. The lowest BCUT2D eigenvalue weighted by atomic mass is 9.88. The first-order valence-electron chi connectivity index (χ1n) is 11.6. The van der Waals surface area contributed by atoms with Crippen LogP contribution in [0.5, 0.6) is 0 Å². The molecule has 1 amide bonds. The molecule has 1 aliphatic carbocycles. The number of nitrogens with one attached hydrogen (secondary N) is 1. The second-order valence-electron chi connectivity index (χ2n) is 8.86. The molecule has 33 heavy (non-hydrogen) atoms. The molecule has 0 aliphatic heterocycles. The summed E-state index contributed by atoms with van der Waals surface area (Å²) in [5, 5.41) is 5.29. The molecule has 2 heterocycles. The minimum atomic E-state index is 0.105. The third-order valence-electron chi connectivity index (χ3n) is 6.11. The summed E-state index contributed by atoms with van der Waals surface area (Å²) in [5.74, 6) is 1.75. The number of carbonyl (C=O) groups excluding carboxylic acids is 1. The predicted octanol–water partition coefficient (Wildman–Crippen LogP) is 7.97. The fraction of sp³-hybridized carbons (Fsp3) is 0.333. The Kier molecular flexibility index (Phi) is 6.86. The molecule has 3 nitrogen and oxygen atoms in total. The van der Waals surface area contributed by atoms with Crippen LogP contribution in [0.25, 0.3) is 20.8 Å². The fourth-order valence-electron chi connectivity index (χ4n) is 4.29. The summed E-state index contributed by atoms with van der Waals surface area (Å²) in [6, 6.07) is 16.9. The van der Waals surface area contributed by atoms with Gasteiger partial charge >= 0.3 is 0 Å². The second-order valence-corrected chi connectivity index (χ2v) is 12.2. The zero-order chi connectivity index (χ0) is 22.8. The van der Waals surface area contributed by atoms with E-state index in [9.17, 15) is 4.79 Å². The molecular formula is C27H28N2OS3. The van der Waals surface area contributed by atoms with Crippen molar-refractivity contribution in [2.75, 3.05) is 11.1 Å². The van der Waals surface area contributed by atoms with Crippen molar-refractivity contribution in [3.8, 4) is 10.6 Å². The minimum Gasteiger partial charge on any atom is -0.317 e. The van der Waals surface area contributed by atoms with E-state index in [1.807, 2.05) is 17.8 Å². The maximum absolute atomic E-state index is 12.9. The summed E-state index contributed by atoms with van der Waals surface area (Å²) in [6.07, 6.45) is 4.77. The lowest BCUT2D eigenvalue weighted by Gasteiger charge is -2.18. The molecule has 1 unspecified atom stereocenters. The van der Waals surface area contributed by atoms with E-state index in [4.69, 9.17) is 4.98 Å². The van der Waals surface area contributed by atoms with Crippen molar-refractivity contribution in [3.63, 3.8) is 0 Å². The number of thioether (sulfide) groups is 1. The maximum Gasteiger partial charge on any atom is 0.225 e. The Morgan fingerprint density at radius 1 is 1.15 bits per heavy atom. The molecule has 1 N–H and O–H groups in total. The van der Waals surface area contributed by atoms with Gasteiger partial charge in [0, 0.05) is 21.8 Å². The number of hydrogen-bond donors (Lipinski definition) is 1. The highest BCUT2D eigenvalue weighted by molar-refractivity contribution is 7.99. The van der Waals surface area contributed by atoms with Crippen molar-refractivity contribution >= 4 is 55.6 Å². The Hall–Kier alpha value is -2.15. The first kappa shape index (κ1) is 22.6. The SMILES string of the molecule is Cc1ccc(SCCCC(=O)Nc2sc3c(c2-c2nc4ccccc4s2)CCC(C)C3)cc1. The molecular weight excluding hydrogens is 465 g/mol. The van der Waals surface area contributed by atoms with E-state index in [1.54, 1.807) is 22.7 Å². The molecule has 0 radical (unpaired) electrons. The fourth-order valence-corrected chi connectivity index (χ4v) is 7.68. The van der Waals surface area contributed by atoms with Gasteiger partial charge < -0.3 is 5.32 Å². The van der Waals surface area contributed by atoms with Gasteiger partial charge in [-0.15, -0.1) is 34.4 Å². The predicted molar refractivity (Wildman–Crippen MR) is 144 cm³/mol. The van der Waals surface area contributed by atoms with Crippen molar-refractivity contribution in [3.05, 3.63) is 64.5 Å². The number of rotatable bonds is 7. The topological polar surface area (TPSA) is 42.0 Å². The van der Waals surface area contributed by atoms with Crippen LogP contribution < -0.4 is 5.32 Å². The normalized spacial score (nSPS) is 15.5. The molecule has 2 aromatic heterocycles. The molecule has 0 bridgehead atoms. The summed E-state index contributed by atoms with van der Waals surface area (Å²) >= 11 is 5.31. The molecule has 0 fully saturated rings. The van der Waals surface area contributed by atoms with Gasteiger partial charge in [-0.2, -0.15) is 0 Å². The Morgan fingerprint density at radius 3 is 2.79 bits per heavy atom. The van der Waals surface area contributed by atoms with E-state index in [0.29, 0.717) is 12.3 Å². The lowest BCUT2D eigenvalue weighted by Crippen LogP contribution is -2.11. The van der Waals surface area contributed by atoms with Crippen molar-refractivity contribution < 1.29 is 4.79 Å². The Morgan fingerprint density at radius 2 is 1.97 bits per heavy atom. The largest absolute Gasteiger partial charge is 0.317 e. The molecule has 4 aromatic rings. The number of aryl methyl sites for hydroxylation is 1. The molecule has 170 valence electrons. The third-order valence-corrected chi connectivity index (χ3v) is 9.43. The van der Waals surface area contributed by atoms with Crippen LogP contribution >= 0.6 is 34.4 Å². The average molecular weight is 493 g/mol. The molecule has 1 atom stereocenters. The first-order valence-corrected chi connectivity index (χ1v) is 14.2. The summed E-state index contributed by atoms with van der Waals surface area (Å²) in [6.45, 7) is 4.43. The Labute approximate surface area is 207 Å². The molecule has 2 aromatic carbocycles. The van der Waals surface area contributed by atoms with Crippen molar-refractivity contribution in [1.29, 1.82) is 0 Å². The number of fused-ring (bicyclic) bond motifs is 2. The monoisotopic (exact) mass is 492 g/mol. The maximum atomic E-state index is 12.9. The molecule has 0 saturated heterocycles. The first-order chi connectivity index (χ1) is 16.1. The quantitative estimate of drug-likeness (QED) is 0.210. The van der Waals surface area contributed by atoms with E-state index in [-0.39, 0.29) is 5.91 Å². The van der Waals surface area contributed by atoms with E-state index >= 15 is 0 Å². The molecule has 6 heteroatoms. The zero-order valence-corrected chi connectivity index (χ0v) is 21.5. The lowest BCUT2D eigenvalue weighted by molar-refractivity contribution is -0.116. The number of nitrogens with zero attached hydrogens (tertiary/aromatic N) is 1. The number of amides is 1. The highest BCUT2D eigenvalue weighted by atomic mass is 32.2.